The summed E-state index contributed by atoms with van der Waals surface area (Å²) in [5.74, 6) is -3.16. The number of amides is 1. The van der Waals surface area contributed by atoms with Gasteiger partial charge in [0.15, 0.2) is 11.4 Å². The predicted octanol–water partition coefficient (Wildman–Crippen LogP) is 3.42. The Kier molecular flexibility index (Phi) is 6.63. The van der Waals surface area contributed by atoms with Gasteiger partial charge in [0.25, 0.3) is 5.91 Å². The van der Waals surface area contributed by atoms with Crippen LogP contribution in [0.15, 0.2) is 42.5 Å². The van der Waals surface area contributed by atoms with Crippen LogP contribution in [0.3, 0.4) is 0 Å². The van der Waals surface area contributed by atoms with E-state index in [0.717, 1.165) is 23.5 Å². The second-order valence-corrected chi connectivity index (χ2v) is 8.22. The number of anilines is 3. The van der Waals surface area contributed by atoms with E-state index in [1.54, 1.807) is 31.3 Å². The molecule has 8 nitrogen and oxygen atoms in total. The molecular formula is C22H20F2N4O4S. The second-order valence-electron chi connectivity index (χ2n) is 7.22. The zero-order valence-corrected chi connectivity index (χ0v) is 18.3. The van der Waals surface area contributed by atoms with Crippen LogP contribution < -0.4 is 11.1 Å². The smallest absolute Gasteiger partial charge is 0.253 e. The van der Waals surface area contributed by atoms with Crippen LogP contribution in [-0.4, -0.2) is 54.7 Å². The fourth-order valence-corrected chi connectivity index (χ4v) is 4.09. The highest BCUT2D eigenvalue weighted by Gasteiger charge is 2.24. The lowest BCUT2D eigenvalue weighted by molar-refractivity contribution is -0.0543. The monoisotopic (exact) mass is 474 g/mol. The minimum atomic E-state index is -0.974. The van der Waals surface area contributed by atoms with Crippen molar-refractivity contribution in [2.24, 2.45) is 0 Å². The van der Waals surface area contributed by atoms with Crippen molar-refractivity contribution in [1.29, 1.82) is 0 Å². The summed E-state index contributed by atoms with van der Waals surface area (Å²) in [6.07, 6.45) is -0.426. The number of carbonyl (C=O) groups excluding carboxylic acids is 2. The number of nitrogens with zero attached hydrogens (tertiary/aromatic N) is 2. The molecule has 33 heavy (non-hydrogen) atoms. The summed E-state index contributed by atoms with van der Waals surface area (Å²) in [5, 5.41) is 3.24. The molecule has 2 heterocycles. The van der Waals surface area contributed by atoms with E-state index in [9.17, 15) is 18.4 Å². The average molecular weight is 474 g/mol. The SMILES string of the molecule is CN(CC1OCCO1)C(=O)c1ccc(Nc2nc(N)c(C(=O)c3c(F)cccc3F)s2)cc1. The van der Waals surface area contributed by atoms with Crippen molar-refractivity contribution >= 4 is 39.7 Å². The van der Waals surface area contributed by atoms with Gasteiger partial charge in [0.05, 0.1) is 25.3 Å². The van der Waals surface area contributed by atoms with Gasteiger partial charge in [0.2, 0.25) is 5.78 Å². The first-order valence-electron chi connectivity index (χ1n) is 9.94. The van der Waals surface area contributed by atoms with E-state index in [2.05, 4.69) is 10.3 Å². The molecule has 1 aliphatic rings. The highest BCUT2D eigenvalue weighted by Crippen LogP contribution is 2.31. The van der Waals surface area contributed by atoms with Gasteiger partial charge in [-0.25, -0.2) is 13.8 Å². The van der Waals surface area contributed by atoms with Crippen LogP contribution in [0.5, 0.6) is 0 Å². The third-order valence-corrected chi connectivity index (χ3v) is 5.88. The molecule has 3 aromatic rings. The molecule has 0 spiro atoms. The summed E-state index contributed by atoms with van der Waals surface area (Å²) in [7, 11) is 1.66. The van der Waals surface area contributed by atoms with E-state index >= 15 is 0 Å². The van der Waals surface area contributed by atoms with Crippen LogP contribution in [0, 0.1) is 11.6 Å². The fraction of sp³-hybridized carbons (Fsp3) is 0.227. The van der Waals surface area contributed by atoms with Gasteiger partial charge in [-0.1, -0.05) is 17.4 Å². The first-order valence-corrected chi connectivity index (χ1v) is 10.8. The van der Waals surface area contributed by atoms with Gasteiger partial charge in [-0.05, 0) is 36.4 Å². The molecule has 1 fully saturated rings. The Hall–Kier alpha value is -3.41. The summed E-state index contributed by atoms with van der Waals surface area (Å²) in [6.45, 7) is 1.34. The maximum Gasteiger partial charge on any atom is 0.253 e. The van der Waals surface area contributed by atoms with Crippen LogP contribution in [0.2, 0.25) is 0 Å². The van der Waals surface area contributed by atoms with Crippen LogP contribution in [0.4, 0.5) is 25.4 Å². The van der Waals surface area contributed by atoms with E-state index in [1.807, 2.05) is 0 Å². The Bertz CT molecular complexity index is 1160. The summed E-state index contributed by atoms with van der Waals surface area (Å²) in [5.41, 5.74) is 6.19. The normalized spacial score (nSPS) is 13.8. The molecule has 0 radical (unpaired) electrons. The maximum absolute atomic E-state index is 14.0. The first kappa shape index (κ1) is 22.8. The van der Waals surface area contributed by atoms with Gasteiger partial charge < -0.3 is 25.4 Å². The number of nitrogens with one attached hydrogen (secondary N) is 1. The van der Waals surface area contributed by atoms with Gasteiger partial charge in [0, 0.05) is 18.3 Å². The zero-order valence-electron chi connectivity index (χ0n) is 17.5. The van der Waals surface area contributed by atoms with Gasteiger partial charge in [-0.3, -0.25) is 9.59 Å². The lowest BCUT2D eigenvalue weighted by Gasteiger charge is -2.20. The van der Waals surface area contributed by atoms with E-state index in [0.29, 0.717) is 31.0 Å². The Balaban J connectivity index is 1.44. The molecule has 2 aromatic carbocycles. The molecule has 0 aliphatic carbocycles. The number of carbonyl (C=O) groups is 2. The number of hydrogen-bond acceptors (Lipinski definition) is 8. The van der Waals surface area contributed by atoms with Crippen molar-refractivity contribution in [2.75, 3.05) is 37.9 Å². The van der Waals surface area contributed by atoms with Crippen molar-refractivity contribution in [2.45, 2.75) is 6.29 Å². The Morgan fingerprint density at radius 2 is 1.79 bits per heavy atom. The number of rotatable bonds is 7. The molecule has 1 aliphatic heterocycles. The highest BCUT2D eigenvalue weighted by molar-refractivity contribution is 7.18. The van der Waals surface area contributed by atoms with Crippen molar-refractivity contribution in [3.05, 3.63) is 70.1 Å². The molecule has 1 saturated heterocycles. The number of halogens is 2. The quantitative estimate of drug-likeness (QED) is 0.506. The maximum atomic E-state index is 14.0. The van der Waals surface area contributed by atoms with Gasteiger partial charge in [-0.2, -0.15) is 0 Å². The highest BCUT2D eigenvalue weighted by atomic mass is 32.1. The molecule has 11 heteroatoms. The number of benzene rings is 2. The van der Waals surface area contributed by atoms with Gasteiger partial charge in [0.1, 0.15) is 22.3 Å². The summed E-state index contributed by atoms with van der Waals surface area (Å²) in [6, 6.07) is 9.78. The van der Waals surface area contributed by atoms with E-state index < -0.39 is 29.3 Å². The topological polar surface area (TPSA) is 107 Å². The number of thiazole rings is 1. The Labute approximate surface area is 191 Å². The number of nitrogen functional groups attached to an aromatic ring is 1. The second kappa shape index (κ2) is 9.61. The third kappa shape index (κ3) is 5.00. The van der Waals surface area contributed by atoms with Gasteiger partial charge >= 0.3 is 0 Å². The lowest BCUT2D eigenvalue weighted by Crippen LogP contribution is -2.34. The molecule has 0 saturated carbocycles. The standard InChI is InChI=1S/C22H20F2N4O4S/c1-28(11-16-31-9-10-32-16)21(30)12-5-7-13(8-6-12)26-22-27-20(25)19(33-22)18(29)17-14(23)3-2-4-15(17)24/h2-8,16H,9-11,25H2,1H3,(H,26,27). The zero-order chi connectivity index (χ0) is 23.5. The number of nitrogens with two attached hydrogens (primary N) is 1. The minimum absolute atomic E-state index is 0.0775. The summed E-state index contributed by atoms with van der Waals surface area (Å²) >= 11 is 0.875. The summed E-state index contributed by atoms with van der Waals surface area (Å²) < 4.78 is 38.6. The van der Waals surface area contributed by atoms with Crippen LogP contribution in [0.25, 0.3) is 0 Å². The number of likely N-dealkylation sites (N-methyl/N-ethyl adjacent to an activating group) is 1. The molecule has 4 rings (SSSR count). The van der Waals surface area contributed by atoms with Gasteiger partial charge in [-0.15, -0.1) is 0 Å². The fourth-order valence-electron chi connectivity index (χ4n) is 3.24. The number of hydrogen-bond donors (Lipinski definition) is 2. The Morgan fingerprint density at radius 3 is 2.42 bits per heavy atom. The third-order valence-electron chi connectivity index (χ3n) is 4.89. The van der Waals surface area contributed by atoms with Crippen molar-refractivity contribution in [3.8, 4) is 0 Å². The molecule has 0 bridgehead atoms. The largest absolute Gasteiger partial charge is 0.382 e. The number of ether oxygens (including phenoxy) is 2. The molecule has 0 unspecified atom stereocenters. The van der Waals surface area contributed by atoms with Crippen LogP contribution in [0.1, 0.15) is 25.6 Å². The van der Waals surface area contributed by atoms with E-state index in [1.165, 1.54) is 11.0 Å². The van der Waals surface area contributed by atoms with E-state index in [-0.39, 0.29) is 21.7 Å². The predicted molar refractivity (Wildman–Crippen MR) is 119 cm³/mol. The first-order chi connectivity index (χ1) is 15.8. The summed E-state index contributed by atoms with van der Waals surface area (Å²) in [4.78, 5) is 30.7. The molecule has 1 amide bonds. The van der Waals surface area contributed by atoms with Crippen LogP contribution >= 0.6 is 11.3 Å². The average Bonchev–Trinajstić information content (AvgIpc) is 3.43. The Morgan fingerprint density at radius 1 is 1.15 bits per heavy atom. The van der Waals surface area contributed by atoms with E-state index in [4.69, 9.17) is 15.2 Å². The van der Waals surface area contributed by atoms with Crippen molar-refractivity contribution in [1.82, 2.24) is 9.88 Å². The van der Waals surface area contributed by atoms with Crippen molar-refractivity contribution in [3.63, 3.8) is 0 Å². The molecule has 172 valence electrons. The lowest BCUT2D eigenvalue weighted by atomic mass is 10.1. The number of ketones is 1. The molecule has 3 N–H and O–H groups in total. The number of aromatic nitrogens is 1. The molecule has 1 aromatic heterocycles. The van der Waals surface area contributed by atoms with Crippen molar-refractivity contribution < 1.29 is 27.8 Å². The minimum Gasteiger partial charge on any atom is -0.382 e. The molecule has 0 atom stereocenters. The van der Waals surface area contributed by atoms with Crippen LogP contribution in [-0.2, 0) is 9.47 Å². The molecular weight excluding hydrogens is 454 g/mol.